The molecule has 0 nitrogen and oxygen atoms in total. The Kier molecular flexibility index (Phi) is 5.98. The molecule has 0 saturated carbocycles. The lowest BCUT2D eigenvalue weighted by Crippen LogP contribution is -1.91. The molecule has 0 aliphatic rings. The van der Waals surface area contributed by atoms with E-state index in [1.807, 2.05) is 0 Å². The molecule has 0 aliphatic carbocycles. The molecule has 222 valence electrons. The van der Waals surface area contributed by atoms with Crippen LogP contribution < -0.4 is 0 Å². The highest BCUT2D eigenvalue weighted by atomic mass is 14.2. The van der Waals surface area contributed by atoms with E-state index in [4.69, 9.17) is 0 Å². The topological polar surface area (TPSA) is 0 Å². The SMILES string of the molecule is c1ccc2cc(-c3c4ccccc4c(-c4ccc5cc(-c6cccc7c6ccc6ccccc67)ccc5c4)c4ccccc34)ccc2c1. The van der Waals surface area contributed by atoms with E-state index in [-0.39, 0.29) is 0 Å². The van der Waals surface area contributed by atoms with Gasteiger partial charge in [0.05, 0.1) is 0 Å². The van der Waals surface area contributed by atoms with Crippen molar-refractivity contribution in [3.63, 3.8) is 0 Å². The maximum atomic E-state index is 2.37. The summed E-state index contributed by atoms with van der Waals surface area (Å²) >= 11 is 0. The summed E-state index contributed by atoms with van der Waals surface area (Å²) in [7, 11) is 0. The van der Waals surface area contributed by atoms with Gasteiger partial charge in [-0.05, 0) is 116 Å². The van der Waals surface area contributed by atoms with Crippen LogP contribution in [0.2, 0.25) is 0 Å². The molecule has 0 N–H and O–H groups in total. The zero-order valence-electron chi connectivity index (χ0n) is 26.3. The summed E-state index contributed by atoms with van der Waals surface area (Å²) in [6.07, 6.45) is 0. The van der Waals surface area contributed by atoms with Crippen LogP contribution in [0, 0.1) is 0 Å². The average Bonchev–Trinajstić information content (AvgIpc) is 3.16. The van der Waals surface area contributed by atoms with Crippen LogP contribution in [0.4, 0.5) is 0 Å². The zero-order chi connectivity index (χ0) is 31.6. The Morgan fingerprint density at radius 1 is 0.208 bits per heavy atom. The van der Waals surface area contributed by atoms with Gasteiger partial charge in [0.1, 0.15) is 0 Å². The number of rotatable bonds is 3. The minimum atomic E-state index is 1.24. The Morgan fingerprint density at radius 2 is 0.625 bits per heavy atom. The molecular formula is C48H30. The van der Waals surface area contributed by atoms with Gasteiger partial charge in [0, 0.05) is 0 Å². The smallest absolute Gasteiger partial charge is 0.00262 e. The van der Waals surface area contributed by atoms with Crippen molar-refractivity contribution in [3.05, 3.63) is 182 Å². The van der Waals surface area contributed by atoms with Crippen LogP contribution in [0.1, 0.15) is 0 Å². The fourth-order valence-corrected chi connectivity index (χ4v) is 7.96. The van der Waals surface area contributed by atoms with Crippen molar-refractivity contribution in [3.8, 4) is 33.4 Å². The lowest BCUT2D eigenvalue weighted by Gasteiger charge is -2.18. The van der Waals surface area contributed by atoms with E-state index < -0.39 is 0 Å². The van der Waals surface area contributed by atoms with Gasteiger partial charge in [-0.15, -0.1) is 0 Å². The molecule has 10 aromatic rings. The first-order valence-corrected chi connectivity index (χ1v) is 16.7. The molecule has 0 bridgehead atoms. The average molecular weight is 607 g/mol. The normalized spacial score (nSPS) is 11.8. The highest BCUT2D eigenvalue weighted by Gasteiger charge is 2.17. The molecule has 0 aliphatic heterocycles. The van der Waals surface area contributed by atoms with Gasteiger partial charge in [-0.2, -0.15) is 0 Å². The summed E-state index contributed by atoms with van der Waals surface area (Å²) in [5, 5.41) is 15.3. The van der Waals surface area contributed by atoms with Crippen LogP contribution in [0.15, 0.2) is 182 Å². The second kappa shape index (κ2) is 10.7. The first-order valence-electron chi connectivity index (χ1n) is 16.7. The lowest BCUT2D eigenvalue weighted by molar-refractivity contribution is 1.67. The van der Waals surface area contributed by atoms with Crippen LogP contribution >= 0.6 is 0 Å². The molecule has 48 heavy (non-hydrogen) atoms. The predicted octanol–water partition coefficient (Wildman–Crippen LogP) is 13.6. The van der Waals surface area contributed by atoms with Crippen molar-refractivity contribution in [2.45, 2.75) is 0 Å². The Morgan fingerprint density at radius 3 is 1.25 bits per heavy atom. The molecule has 0 heterocycles. The van der Waals surface area contributed by atoms with Gasteiger partial charge in [0.25, 0.3) is 0 Å². The van der Waals surface area contributed by atoms with Crippen LogP contribution in [0.25, 0.3) is 98.0 Å². The van der Waals surface area contributed by atoms with Gasteiger partial charge in [-0.1, -0.05) is 164 Å². The summed E-state index contributed by atoms with van der Waals surface area (Å²) in [4.78, 5) is 0. The van der Waals surface area contributed by atoms with Crippen molar-refractivity contribution in [2.24, 2.45) is 0 Å². The van der Waals surface area contributed by atoms with E-state index in [2.05, 4.69) is 182 Å². The molecule has 0 saturated heterocycles. The third-order valence-corrected chi connectivity index (χ3v) is 10.2. The van der Waals surface area contributed by atoms with E-state index in [1.54, 1.807) is 0 Å². The van der Waals surface area contributed by atoms with E-state index in [1.165, 1.54) is 98.0 Å². The summed E-state index contributed by atoms with van der Waals surface area (Å²) in [6.45, 7) is 0. The fourth-order valence-electron chi connectivity index (χ4n) is 7.96. The Labute approximate surface area is 279 Å². The Hall–Kier alpha value is -6.24. The zero-order valence-corrected chi connectivity index (χ0v) is 26.3. The van der Waals surface area contributed by atoms with Gasteiger partial charge in [0.15, 0.2) is 0 Å². The molecule has 0 aromatic heterocycles. The summed E-state index contributed by atoms with van der Waals surface area (Å²) in [5.41, 5.74) is 7.59. The summed E-state index contributed by atoms with van der Waals surface area (Å²) in [6, 6.07) is 67.1. The summed E-state index contributed by atoms with van der Waals surface area (Å²) in [5.74, 6) is 0. The number of fused-ring (bicyclic) bond motifs is 7. The number of hydrogen-bond donors (Lipinski definition) is 0. The van der Waals surface area contributed by atoms with Crippen LogP contribution in [-0.4, -0.2) is 0 Å². The van der Waals surface area contributed by atoms with Crippen molar-refractivity contribution in [2.75, 3.05) is 0 Å². The van der Waals surface area contributed by atoms with Gasteiger partial charge in [-0.3, -0.25) is 0 Å². The molecule has 0 unspecified atom stereocenters. The number of benzene rings is 10. The second-order valence-corrected chi connectivity index (χ2v) is 12.9. The largest absolute Gasteiger partial charge is 0.0616 e. The molecule has 0 atom stereocenters. The van der Waals surface area contributed by atoms with Crippen molar-refractivity contribution in [1.82, 2.24) is 0 Å². The van der Waals surface area contributed by atoms with E-state index in [9.17, 15) is 0 Å². The van der Waals surface area contributed by atoms with Crippen molar-refractivity contribution < 1.29 is 0 Å². The standard InChI is InChI=1S/C48H30/c1-2-12-33-29-37(24-20-31(33)10-1)47-43-14-5-7-16-45(43)48(46-17-8-6-15-44(46)47)38-25-22-34-28-36(23-21-35(34)30-38)40-18-9-19-41-39-13-4-3-11-32(39)26-27-42(40)41/h1-30H. The molecular weight excluding hydrogens is 577 g/mol. The maximum absolute atomic E-state index is 2.37. The minimum absolute atomic E-state index is 1.24. The Bertz CT molecular complexity index is 2830. The van der Waals surface area contributed by atoms with E-state index >= 15 is 0 Å². The molecule has 10 aromatic carbocycles. The van der Waals surface area contributed by atoms with Crippen molar-refractivity contribution in [1.29, 1.82) is 0 Å². The number of hydrogen-bond acceptors (Lipinski definition) is 0. The quantitative estimate of drug-likeness (QED) is 0.139. The molecule has 0 fully saturated rings. The fraction of sp³-hybridized carbons (Fsp3) is 0. The molecule has 0 radical (unpaired) electrons. The molecule has 0 amide bonds. The van der Waals surface area contributed by atoms with Gasteiger partial charge in [0.2, 0.25) is 0 Å². The third kappa shape index (κ3) is 4.16. The minimum Gasteiger partial charge on any atom is -0.0616 e. The van der Waals surface area contributed by atoms with E-state index in [0.717, 1.165) is 0 Å². The Balaban J connectivity index is 1.15. The van der Waals surface area contributed by atoms with Crippen molar-refractivity contribution >= 4 is 64.6 Å². The van der Waals surface area contributed by atoms with Gasteiger partial charge < -0.3 is 0 Å². The first kappa shape index (κ1) is 26.9. The first-order chi connectivity index (χ1) is 23.8. The summed E-state index contributed by atoms with van der Waals surface area (Å²) < 4.78 is 0. The van der Waals surface area contributed by atoms with Crippen LogP contribution in [0.3, 0.4) is 0 Å². The molecule has 10 rings (SSSR count). The third-order valence-electron chi connectivity index (χ3n) is 10.2. The molecule has 0 heteroatoms. The maximum Gasteiger partial charge on any atom is -0.00262 e. The highest BCUT2D eigenvalue weighted by Crippen LogP contribution is 2.45. The van der Waals surface area contributed by atoms with E-state index in [0.29, 0.717) is 0 Å². The van der Waals surface area contributed by atoms with Gasteiger partial charge in [-0.25, -0.2) is 0 Å². The second-order valence-electron chi connectivity index (χ2n) is 12.9. The monoisotopic (exact) mass is 606 g/mol. The highest BCUT2D eigenvalue weighted by molar-refractivity contribution is 6.22. The predicted molar refractivity (Wildman–Crippen MR) is 208 cm³/mol. The molecule has 0 spiro atoms. The lowest BCUT2D eigenvalue weighted by atomic mass is 9.85. The van der Waals surface area contributed by atoms with Gasteiger partial charge >= 0.3 is 0 Å². The van der Waals surface area contributed by atoms with Crippen LogP contribution in [0.5, 0.6) is 0 Å². The van der Waals surface area contributed by atoms with Crippen LogP contribution in [-0.2, 0) is 0 Å².